The first kappa shape index (κ1) is 14.2. The van der Waals surface area contributed by atoms with Crippen LogP contribution in [0.1, 0.15) is 12.8 Å². The van der Waals surface area contributed by atoms with E-state index in [-0.39, 0.29) is 18.3 Å². The Morgan fingerprint density at radius 3 is 2.75 bits per heavy atom. The Hall–Kier alpha value is -0.320. The first-order valence-corrected chi connectivity index (χ1v) is 3.77. The number of amides is 1. The maximum Gasteiger partial charge on any atom is 0.220 e. The van der Waals surface area contributed by atoms with Crippen LogP contribution in [0.4, 0.5) is 0 Å². The quantitative estimate of drug-likeness (QED) is 0.584. The molecule has 0 heterocycles. The molecular weight excluding hydrogens is 180 g/mol. The molecule has 0 aromatic heterocycles. The van der Waals surface area contributed by atoms with Crippen molar-refractivity contribution < 1.29 is 9.53 Å². The Morgan fingerprint density at radius 2 is 2.25 bits per heavy atom. The van der Waals surface area contributed by atoms with Gasteiger partial charge in [-0.2, -0.15) is 0 Å². The normalized spacial score (nSPS) is 8.83. The third-order valence-electron chi connectivity index (χ3n) is 1.24. The van der Waals surface area contributed by atoms with Crippen molar-refractivity contribution in [3.8, 4) is 0 Å². The third kappa shape index (κ3) is 9.68. The first-order valence-electron chi connectivity index (χ1n) is 3.77. The zero-order valence-corrected chi connectivity index (χ0v) is 8.15. The van der Waals surface area contributed by atoms with E-state index in [2.05, 4.69) is 5.32 Å². The van der Waals surface area contributed by atoms with Crippen molar-refractivity contribution in [1.82, 2.24) is 5.32 Å². The topological polar surface area (TPSA) is 64.3 Å². The van der Waals surface area contributed by atoms with Crippen LogP contribution in [0.5, 0.6) is 0 Å². The van der Waals surface area contributed by atoms with E-state index in [9.17, 15) is 4.79 Å². The number of halogens is 1. The highest BCUT2D eigenvalue weighted by Crippen LogP contribution is 1.84. The van der Waals surface area contributed by atoms with Crippen molar-refractivity contribution in [3.63, 3.8) is 0 Å². The van der Waals surface area contributed by atoms with Gasteiger partial charge in [-0.05, 0) is 13.0 Å². The maximum absolute atomic E-state index is 10.9. The van der Waals surface area contributed by atoms with Crippen LogP contribution in [-0.4, -0.2) is 32.7 Å². The molecule has 0 bridgehead atoms. The molecule has 1 amide bonds. The average molecular weight is 197 g/mol. The highest BCUT2D eigenvalue weighted by Gasteiger charge is 1.97. The monoisotopic (exact) mass is 196 g/mol. The van der Waals surface area contributed by atoms with E-state index >= 15 is 0 Å². The molecule has 3 N–H and O–H groups in total. The molecule has 5 heteroatoms. The summed E-state index contributed by atoms with van der Waals surface area (Å²) in [6, 6.07) is 0. The Balaban J connectivity index is 0. The maximum atomic E-state index is 10.9. The molecule has 0 atom stereocenters. The predicted molar refractivity (Wildman–Crippen MR) is 50.4 cm³/mol. The van der Waals surface area contributed by atoms with Crippen molar-refractivity contribution >= 4 is 18.3 Å². The molecule has 0 aromatic carbocycles. The molecule has 12 heavy (non-hydrogen) atoms. The third-order valence-corrected chi connectivity index (χ3v) is 1.24. The minimum Gasteiger partial charge on any atom is -0.383 e. The van der Waals surface area contributed by atoms with Crippen LogP contribution in [0.3, 0.4) is 0 Å². The Morgan fingerprint density at radius 1 is 1.58 bits per heavy atom. The number of carbonyl (C=O) groups is 1. The predicted octanol–water partition coefficient (Wildman–Crippen LogP) is -0.0903. The molecule has 0 rings (SSSR count). The molecular formula is C7H17ClN2O2. The Bertz CT molecular complexity index is 112. The van der Waals surface area contributed by atoms with Crippen LogP contribution in [0, 0.1) is 0 Å². The second kappa shape index (κ2) is 10.7. The summed E-state index contributed by atoms with van der Waals surface area (Å²) in [6.45, 7) is 1.71. The summed E-state index contributed by atoms with van der Waals surface area (Å²) in [4.78, 5) is 10.9. The fourth-order valence-corrected chi connectivity index (χ4v) is 0.644. The van der Waals surface area contributed by atoms with E-state index in [0.29, 0.717) is 26.1 Å². The summed E-state index contributed by atoms with van der Waals surface area (Å²) < 4.78 is 4.76. The number of methoxy groups -OCH3 is 1. The molecule has 74 valence electrons. The van der Waals surface area contributed by atoms with Crippen LogP contribution in [0.2, 0.25) is 0 Å². The number of hydrogen-bond donors (Lipinski definition) is 2. The van der Waals surface area contributed by atoms with Gasteiger partial charge in [0.15, 0.2) is 0 Å². The Labute approximate surface area is 79.2 Å². The number of nitrogens with one attached hydrogen (secondary N) is 1. The lowest BCUT2D eigenvalue weighted by Crippen LogP contribution is -2.27. The van der Waals surface area contributed by atoms with Crippen molar-refractivity contribution in [1.29, 1.82) is 0 Å². The molecule has 0 aliphatic carbocycles. The fraction of sp³-hybridized carbons (Fsp3) is 0.857. The van der Waals surface area contributed by atoms with Gasteiger partial charge in [-0.15, -0.1) is 12.4 Å². The van der Waals surface area contributed by atoms with Gasteiger partial charge in [0.05, 0.1) is 6.61 Å². The van der Waals surface area contributed by atoms with Crippen LogP contribution in [0.15, 0.2) is 0 Å². The summed E-state index contributed by atoms with van der Waals surface area (Å²) >= 11 is 0. The molecule has 0 saturated heterocycles. The van der Waals surface area contributed by atoms with Gasteiger partial charge in [-0.25, -0.2) is 0 Å². The van der Waals surface area contributed by atoms with E-state index in [1.807, 2.05) is 0 Å². The summed E-state index contributed by atoms with van der Waals surface area (Å²) in [6.07, 6.45) is 1.26. The van der Waals surface area contributed by atoms with Crippen molar-refractivity contribution in [2.75, 3.05) is 26.8 Å². The largest absolute Gasteiger partial charge is 0.383 e. The lowest BCUT2D eigenvalue weighted by atomic mass is 10.3. The molecule has 0 fully saturated rings. The summed E-state index contributed by atoms with van der Waals surface area (Å²) in [5.41, 5.74) is 5.23. The van der Waals surface area contributed by atoms with E-state index in [1.165, 1.54) is 0 Å². The summed E-state index contributed by atoms with van der Waals surface area (Å²) in [5.74, 6) is 0.0486. The van der Waals surface area contributed by atoms with Gasteiger partial charge in [0.1, 0.15) is 0 Å². The summed E-state index contributed by atoms with van der Waals surface area (Å²) in [5, 5.41) is 2.70. The number of hydrogen-bond acceptors (Lipinski definition) is 3. The van der Waals surface area contributed by atoms with Gasteiger partial charge in [-0.1, -0.05) is 0 Å². The number of ether oxygens (including phenoxy) is 1. The number of rotatable bonds is 6. The minimum atomic E-state index is 0. The van der Waals surface area contributed by atoms with Crippen molar-refractivity contribution in [3.05, 3.63) is 0 Å². The smallest absolute Gasteiger partial charge is 0.220 e. The van der Waals surface area contributed by atoms with Gasteiger partial charge in [0.25, 0.3) is 0 Å². The molecule has 0 aliphatic heterocycles. The van der Waals surface area contributed by atoms with Gasteiger partial charge >= 0.3 is 0 Å². The Kier molecular flexibility index (Phi) is 12.7. The van der Waals surface area contributed by atoms with E-state index in [0.717, 1.165) is 6.42 Å². The second-order valence-corrected chi connectivity index (χ2v) is 2.23. The van der Waals surface area contributed by atoms with Crippen LogP contribution in [0.25, 0.3) is 0 Å². The number of carbonyl (C=O) groups excluding carboxylic acids is 1. The molecule has 0 radical (unpaired) electrons. The fourth-order valence-electron chi connectivity index (χ4n) is 0.644. The average Bonchev–Trinajstić information content (AvgIpc) is 2.01. The van der Waals surface area contributed by atoms with Crippen LogP contribution < -0.4 is 11.1 Å². The first-order chi connectivity index (χ1) is 5.31. The van der Waals surface area contributed by atoms with Crippen LogP contribution in [-0.2, 0) is 9.53 Å². The van der Waals surface area contributed by atoms with E-state index in [4.69, 9.17) is 10.5 Å². The molecule has 0 spiro atoms. The van der Waals surface area contributed by atoms with Gasteiger partial charge in [0, 0.05) is 20.1 Å². The molecule has 0 aromatic rings. The van der Waals surface area contributed by atoms with Gasteiger partial charge in [0.2, 0.25) is 5.91 Å². The zero-order chi connectivity index (χ0) is 8.53. The molecule has 0 saturated carbocycles. The van der Waals surface area contributed by atoms with Gasteiger partial charge < -0.3 is 15.8 Å². The van der Waals surface area contributed by atoms with Crippen molar-refractivity contribution in [2.45, 2.75) is 12.8 Å². The van der Waals surface area contributed by atoms with Crippen LogP contribution >= 0.6 is 12.4 Å². The molecule has 0 unspecified atom stereocenters. The molecule has 0 aliphatic rings. The van der Waals surface area contributed by atoms with E-state index < -0.39 is 0 Å². The second-order valence-electron chi connectivity index (χ2n) is 2.23. The SMILES string of the molecule is COCCNC(=O)CCCN.Cl. The van der Waals surface area contributed by atoms with E-state index in [1.54, 1.807) is 7.11 Å². The standard InChI is InChI=1S/C7H16N2O2.ClH/c1-11-6-5-9-7(10)3-2-4-8;/h2-6,8H2,1H3,(H,9,10);1H. The highest BCUT2D eigenvalue weighted by molar-refractivity contribution is 5.85. The zero-order valence-electron chi connectivity index (χ0n) is 7.34. The lowest BCUT2D eigenvalue weighted by Gasteiger charge is -2.02. The lowest BCUT2D eigenvalue weighted by molar-refractivity contribution is -0.121. The number of nitrogens with two attached hydrogens (primary N) is 1. The highest BCUT2D eigenvalue weighted by atomic mass is 35.5. The molecule has 4 nitrogen and oxygen atoms in total. The minimum absolute atomic E-state index is 0. The van der Waals surface area contributed by atoms with Gasteiger partial charge in [-0.3, -0.25) is 4.79 Å². The van der Waals surface area contributed by atoms with Crippen molar-refractivity contribution in [2.24, 2.45) is 5.73 Å². The summed E-state index contributed by atoms with van der Waals surface area (Å²) in [7, 11) is 1.60.